The molecule has 6 heteroatoms. The average Bonchev–Trinajstić information content (AvgIpc) is 3.02. The van der Waals surface area contributed by atoms with Crippen LogP contribution in [0.3, 0.4) is 0 Å². The monoisotopic (exact) mass is 250 g/mol. The zero-order valence-corrected chi connectivity index (χ0v) is 10.5. The van der Waals surface area contributed by atoms with Crippen LogP contribution < -0.4 is 10.6 Å². The van der Waals surface area contributed by atoms with Gasteiger partial charge < -0.3 is 15.4 Å². The van der Waals surface area contributed by atoms with E-state index in [1.807, 2.05) is 17.8 Å². The fourth-order valence-corrected chi connectivity index (χ4v) is 2.58. The molecular weight excluding hydrogens is 232 g/mol. The van der Waals surface area contributed by atoms with Crippen molar-refractivity contribution >= 4 is 11.6 Å². The SMILES string of the molecule is C[C@H]1[C@@H](N)C(=O)N1c1cnn(C[C@@H]2CCCO2)c1. The van der Waals surface area contributed by atoms with E-state index in [-0.39, 0.29) is 24.1 Å². The summed E-state index contributed by atoms with van der Waals surface area (Å²) in [5.41, 5.74) is 6.52. The summed E-state index contributed by atoms with van der Waals surface area (Å²) in [6.07, 6.45) is 6.07. The van der Waals surface area contributed by atoms with Crippen molar-refractivity contribution in [3.05, 3.63) is 12.4 Å². The minimum absolute atomic E-state index is 0.0285. The number of rotatable bonds is 3. The molecule has 2 fully saturated rings. The van der Waals surface area contributed by atoms with E-state index in [1.165, 1.54) is 0 Å². The molecule has 6 nitrogen and oxygen atoms in total. The van der Waals surface area contributed by atoms with Crippen LogP contribution in [0.1, 0.15) is 19.8 Å². The molecule has 1 aromatic heterocycles. The predicted octanol–water partition coefficient (Wildman–Crippen LogP) is 0.124. The summed E-state index contributed by atoms with van der Waals surface area (Å²) in [5, 5.41) is 4.28. The summed E-state index contributed by atoms with van der Waals surface area (Å²) in [7, 11) is 0. The second-order valence-corrected chi connectivity index (χ2v) is 5.03. The van der Waals surface area contributed by atoms with Crippen LogP contribution in [0, 0.1) is 0 Å². The Balaban J connectivity index is 1.68. The van der Waals surface area contributed by atoms with E-state index in [4.69, 9.17) is 10.5 Å². The van der Waals surface area contributed by atoms with Crippen molar-refractivity contribution in [2.45, 2.75) is 44.5 Å². The van der Waals surface area contributed by atoms with Crippen LogP contribution in [0.5, 0.6) is 0 Å². The van der Waals surface area contributed by atoms with Crippen molar-refractivity contribution in [3.8, 4) is 0 Å². The summed E-state index contributed by atoms with van der Waals surface area (Å²) in [6, 6.07) is -0.315. The molecule has 0 radical (unpaired) electrons. The van der Waals surface area contributed by atoms with E-state index < -0.39 is 0 Å². The molecule has 3 rings (SSSR count). The smallest absolute Gasteiger partial charge is 0.246 e. The third kappa shape index (κ3) is 1.81. The van der Waals surface area contributed by atoms with Gasteiger partial charge in [-0.15, -0.1) is 0 Å². The van der Waals surface area contributed by atoms with Crippen LogP contribution in [-0.2, 0) is 16.1 Å². The second kappa shape index (κ2) is 4.37. The lowest BCUT2D eigenvalue weighted by Crippen LogP contribution is -2.67. The van der Waals surface area contributed by atoms with Gasteiger partial charge in [-0.2, -0.15) is 5.10 Å². The fourth-order valence-electron chi connectivity index (χ4n) is 2.58. The summed E-state index contributed by atoms with van der Waals surface area (Å²) in [4.78, 5) is 13.4. The van der Waals surface area contributed by atoms with E-state index in [2.05, 4.69) is 5.10 Å². The lowest BCUT2D eigenvalue weighted by atomic mass is 9.97. The normalized spacial score (nSPS) is 31.8. The Morgan fingerprint density at radius 2 is 2.44 bits per heavy atom. The lowest BCUT2D eigenvalue weighted by molar-refractivity contribution is -0.125. The maximum Gasteiger partial charge on any atom is 0.246 e. The standard InChI is InChI=1S/C12H18N4O2/c1-8-11(13)12(17)16(8)9-5-14-15(6-9)7-10-3-2-4-18-10/h5-6,8,10-11H,2-4,7,13H2,1H3/t8-,10-,11+/m0/s1. The van der Waals surface area contributed by atoms with Gasteiger partial charge in [-0.05, 0) is 19.8 Å². The number of nitrogens with zero attached hydrogens (tertiary/aromatic N) is 3. The fraction of sp³-hybridized carbons (Fsp3) is 0.667. The Hall–Kier alpha value is -1.40. The quantitative estimate of drug-likeness (QED) is 0.774. The molecular formula is C12H18N4O2. The van der Waals surface area contributed by atoms with Gasteiger partial charge in [-0.25, -0.2) is 0 Å². The highest BCUT2D eigenvalue weighted by atomic mass is 16.5. The Bertz CT molecular complexity index is 453. The third-order valence-electron chi connectivity index (χ3n) is 3.76. The molecule has 0 aliphatic carbocycles. The van der Waals surface area contributed by atoms with Gasteiger partial charge in [0.2, 0.25) is 5.91 Å². The van der Waals surface area contributed by atoms with Crippen LogP contribution in [-0.4, -0.2) is 40.5 Å². The molecule has 1 amide bonds. The Kier molecular flexibility index (Phi) is 2.83. The van der Waals surface area contributed by atoms with Gasteiger partial charge in [0.05, 0.1) is 30.6 Å². The first-order valence-electron chi connectivity index (χ1n) is 6.39. The van der Waals surface area contributed by atoms with Gasteiger partial charge in [-0.1, -0.05) is 0 Å². The number of amides is 1. The maximum atomic E-state index is 11.7. The van der Waals surface area contributed by atoms with Crippen LogP contribution >= 0.6 is 0 Å². The summed E-state index contributed by atoms with van der Waals surface area (Å²) < 4.78 is 7.41. The molecule has 2 saturated heterocycles. The molecule has 2 N–H and O–H groups in total. The van der Waals surface area contributed by atoms with E-state index in [1.54, 1.807) is 11.1 Å². The molecule has 2 aliphatic rings. The zero-order valence-electron chi connectivity index (χ0n) is 10.5. The topological polar surface area (TPSA) is 73.4 Å². The number of carbonyl (C=O) groups is 1. The molecule has 2 aliphatic heterocycles. The van der Waals surface area contributed by atoms with Crippen LogP contribution in [0.15, 0.2) is 12.4 Å². The van der Waals surface area contributed by atoms with Crippen LogP contribution in [0.2, 0.25) is 0 Å². The van der Waals surface area contributed by atoms with Crippen LogP contribution in [0.25, 0.3) is 0 Å². The van der Waals surface area contributed by atoms with Crippen molar-refractivity contribution in [3.63, 3.8) is 0 Å². The summed E-state index contributed by atoms with van der Waals surface area (Å²) >= 11 is 0. The van der Waals surface area contributed by atoms with E-state index >= 15 is 0 Å². The van der Waals surface area contributed by atoms with Crippen molar-refractivity contribution in [2.75, 3.05) is 11.5 Å². The molecule has 0 spiro atoms. The predicted molar refractivity (Wildman–Crippen MR) is 66.1 cm³/mol. The van der Waals surface area contributed by atoms with Gasteiger partial charge >= 0.3 is 0 Å². The molecule has 18 heavy (non-hydrogen) atoms. The van der Waals surface area contributed by atoms with Gasteiger partial charge in [-0.3, -0.25) is 9.48 Å². The number of β-lactam (4-membered cyclic amide) rings is 1. The molecule has 0 bridgehead atoms. The molecule has 0 unspecified atom stereocenters. The number of hydrogen-bond donors (Lipinski definition) is 1. The van der Waals surface area contributed by atoms with Crippen molar-refractivity contribution in [1.29, 1.82) is 0 Å². The molecule has 1 aromatic rings. The van der Waals surface area contributed by atoms with Gasteiger partial charge in [0.25, 0.3) is 0 Å². The van der Waals surface area contributed by atoms with Crippen molar-refractivity contribution < 1.29 is 9.53 Å². The lowest BCUT2D eigenvalue weighted by Gasteiger charge is -2.42. The molecule has 3 atom stereocenters. The molecule has 98 valence electrons. The highest BCUT2D eigenvalue weighted by Gasteiger charge is 2.43. The Morgan fingerprint density at radius 3 is 3.11 bits per heavy atom. The Labute approximate surface area is 106 Å². The van der Waals surface area contributed by atoms with Gasteiger partial charge in [0.15, 0.2) is 0 Å². The molecule has 0 aromatic carbocycles. The highest BCUT2D eigenvalue weighted by molar-refractivity contribution is 6.05. The van der Waals surface area contributed by atoms with Gasteiger partial charge in [0.1, 0.15) is 6.04 Å². The number of carbonyl (C=O) groups excluding carboxylic acids is 1. The minimum Gasteiger partial charge on any atom is -0.376 e. The van der Waals surface area contributed by atoms with Crippen LogP contribution in [0.4, 0.5) is 5.69 Å². The molecule has 0 saturated carbocycles. The number of ether oxygens (including phenoxy) is 1. The average molecular weight is 250 g/mol. The highest BCUT2D eigenvalue weighted by Crippen LogP contribution is 2.26. The minimum atomic E-state index is -0.369. The van der Waals surface area contributed by atoms with Crippen molar-refractivity contribution in [1.82, 2.24) is 9.78 Å². The van der Waals surface area contributed by atoms with E-state index in [0.29, 0.717) is 0 Å². The first-order chi connectivity index (χ1) is 8.66. The maximum absolute atomic E-state index is 11.7. The number of nitrogens with two attached hydrogens (primary N) is 1. The first kappa shape index (κ1) is 11.7. The largest absolute Gasteiger partial charge is 0.376 e. The number of aromatic nitrogens is 2. The molecule has 3 heterocycles. The summed E-state index contributed by atoms with van der Waals surface area (Å²) in [5.74, 6) is -0.0285. The third-order valence-corrected chi connectivity index (χ3v) is 3.76. The summed E-state index contributed by atoms with van der Waals surface area (Å²) in [6.45, 7) is 3.54. The van der Waals surface area contributed by atoms with E-state index in [0.717, 1.165) is 31.7 Å². The first-order valence-corrected chi connectivity index (χ1v) is 6.39. The zero-order chi connectivity index (χ0) is 12.7. The van der Waals surface area contributed by atoms with Crippen molar-refractivity contribution in [2.24, 2.45) is 5.73 Å². The Morgan fingerprint density at radius 1 is 1.61 bits per heavy atom. The van der Waals surface area contributed by atoms with Gasteiger partial charge in [0, 0.05) is 12.8 Å². The second-order valence-electron chi connectivity index (χ2n) is 5.03. The number of anilines is 1. The van der Waals surface area contributed by atoms with E-state index in [9.17, 15) is 4.79 Å². The number of hydrogen-bond acceptors (Lipinski definition) is 4.